The molecule has 1 unspecified atom stereocenters. The zero-order chi connectivity index (χ0) is 10.5. The molecule has 0 amide bonds. The maximum absolute atomic E-state index is 11.9. The Labute approximate surface area is 82.9 Å². The Morgan fingerprint density at radius 1 is 1.23 bits per heavy atom. The standard InChI is InChI=1S/C12H24O/c1-6-8-9-10(7-2)11(13)12(3,4)5/h10H,6-9H2,1-5H3. The van der Waals surface area contributed by atoms with Crippen LogP contribution in [0.2, 0.25) is 0 Å². The van der Waals surface area contributed by atoms with Gasteiger partial charge >= 0.3 is 0 Å². The van der Waals surface area contributed by atoms with Crippen LogP contribution in [0.15, 0.2) is 0 Å². The average molecular weight is 184 g/mol. The first kappa shape index (κ1) is 12.7. The summed E-state index contributed by atoms with van der Waals surface area (Å²) in [7, 11) is 0. The normalized spacial score (nSPS) is 14.2. The summed E-state index contributed by atoms with van der Waals surface area (Å²) in [6.45, 7) is 10.3. The van der Waals surface area contributed by atoms with Gasteiger partial charge in [0.15, 0.2) is 0 Å². The Bertz CT molecular complexity index is 153. The highest BCUT2D eigenvalue weighted by atomic mass is 16.1. The number of Topliss-reactive ketones (excluding diaryl/α,β-unsaturated/α-hetero) is 1. The Hall–Kier alpha value is -0.330. The monoisotopic (exact) mass is 184 g/mol. The van der Waals surface area contributed by atoms with Crippen molar-refractivity contribution in [3.8, 4) is 0 Å². The first-order valence-corrected chi connectivity index (χ1v) is 5.47. The molecule has 1 heteroatoms. The SMILES string of the molecule is CCCCC(CC)C(=O)C(C)(C)C. The van der Waals surface area contributed by atoms with Crippen LogP contribution in [-0.4, -0.2) is 5.78 Å². The highest BCUT2D eigenvalue weighted by molar-refractivity contribution is 5.85. The molecule has 0 rings (SSSR count). The van der Waals surface area contributed by atoms with Gasteiger partial charge in [0.25, 0.3) is 0 Å². The van der Waals surface area contributed by atoms with E-state index in [0.29, 0.717) is 11.7 Å². The summed E-state index contributed by atoms with van der Waals surface area (Å²) in [5, 5.41) is 0. The van der Waals surface area contributed by atoms with E-state index in [-0.39, 0.29) is 5.41 Å². The van der Waals surface area contributed by atoms with Crippen molar-refractivity contribution >= 4 is 5.78 Å². The van der Waals surface area contributed by atoms with Gasteiger partial charge in [-0.2, -0.15) is 0 Å². The lowest BCUT2D eigenvalue weighted by Crippen LogP contribution is -2.28. The van der Waals surface area contributed by atoms with Crippen LogP contribution in [0.4, 0.5) is 0 Å². The molecule has 0 saturated carbocycles. The molecule has 0 aromatic carbocycles. The molecular formula is C12H24O. The topological polar surface area (TPSA) is 17.1 Å². The zero-order valence-corrected chi connectivity index (χ0v) is 9.81. The molecule has 0 aliphatic rings. The van der Waals surface area contributed by atoms with E-state index >= 15 is 0 Å². The molecule has 0 bridgehead atoms. The third-order valence-electron chi connectivity index (χ3n) is 2.51. The molecule has 0 fully saturated rings. The molecule has 78 valence electrons. The molecule has 13 heavy (non-hydrogen) atoms. The molecular weight excluding hydrogens is 160 g/mol. The van der Waals surface area contributed by atoms with Gasteiger partial charge in [0.2, 0.25) is 0 Å². The lowest BCUT2D eigenvalue weighted by molar-refractivity contribution is -0.130. The summed E-state index contributed by atoms with van der Waals surface area (Å²) in [6.07, 6.45) is 4.44. The van der Waals surface area contributed by atoms with Gasteiger partial charge in [0.05, 0.1) is 0 Å². The molecule has 0 spiro atoms. The smallest absolute Gasteiger partial charge is 0.141 e. The summed E-state index contributed by atoms with van der Waals surface area (Å²) < 4.78 is 0. The maximum atomic E-state index is 11.9. The molecule has 0 saturated heterocycles. The van der Waals surface area contributed by atoms with Gasteiger partial charge in [-0.25, -0.2) is 0 Å². The van der Waals surface area contributed by atoms with Crippen LogP contribution in [0, 0.1) is 11.3 Å². The highest BCUT2D eigenvalue weighted by Crippen LogP contribution is 2.25. The predicted octanol–water partition coefficient (Wildman–Crippen LogP) is 3.82. The fourth-order valence-electron chi connectivity index (χ4n) is 1.58. The third kappa shape index (κ3) is 4.44. The van der Waals surface area contributed by atoms with E-state index in [1.165, 1.54) is 12.8 Å². The fraction of sp³-hybridized carbons (Fsp3) is 0.917. The van der Waals surface area contributed by atoms with E-state index in [2.05, 4.69) is 13.8 Å². The zero-order valence-electron chi connectivity index (χ0n) is 9.81. The number of rotatable bonds is 5. The van der Waals surface area contributed by atoms with Gasteiger partial charge < -0.3 is 0 Å². The van der Waals surface area contributed by atoms with Crippen molar-refractivity contribution < 1.29 is 4.79 Å². The van der Waals surface area contributed by atoms with E-state index < -0.39 is 0 Å². The van der Waals surface area contributed by atoms with Crippen LogP contribution in [0.25, 0.3) is 0 Å². The fourth-order valence-corrected chi connectivity index (χ4v) is 1.58. The van der Waals surface area contributed by atoms with Crippen LogP contribution in [-0.2, 0) is 4.79 Å². The van der Waals surface area contributed by atoms with Crippen molar-refractivity contribution in [2.24, 2.45) is 11.3 Å². The Balaban J connectivity index is 4.16. The van der Waals surface area contributed by atoms with Crippen molar-refractivity contribution in [1.29, 1.82) is 0 Å². The number of carbonyl (C=O) groups excluding carboxylic acids is 1. The quantitative estimate of drug-likeness (QED) is 0.635. The van der Waals surface area contributed by atoms with E-state index in [1.54, 1.807) is 0 Å². The number of ketones is 1. The average Bonchev–Trinajstić information content (AvgIpc) is 2.04. The van der Waals surface area contributed by atoms with Gasteiger partial charge in [0, 0.05) is 11.3 Å². The van der Waals surface area contributed by atoms with Gasteiger partial charge in [-0.15, -0.1) is 0 Å². The van der Waals surface area contributed by atoms with Crippen molar-refractivity contribution in [2.75, 3.05) is 0 Å². The van der Waals surface area contributed by atoms with Crippen molar-refractivity contribution in [3.63, 3.8) is 0 Å². The summed E-state index contributed by atoms with van der Waals surface area (Å²) in [4.78, 5) is 11.9. The molecule has 0 aliphatic carbocycles. The van der Waals surface area contributed by atoms with Gasteiger partial charge in [-0.3, -0.25) is 4.79 Å². The summed E-state index contributed by atoms with van der Waals surface area (Å²) in [6, 6.07) is 0. The maximum Gasteiger partial charge on any atom is 0.141 e. The lowest BCUT2D eigenvalue weighted by atomic mass is 9.80. The van der Waals surface area contributed by atoms with Gasteiger partial charge in [-0.1, -0.05) is 47.5 Å². The molecule has 0 N–H and O–H groups in total. The molecule has 0 aromatic rings. The summed E-state index contributed by atoms with van der Waals surface area (Å²) >= 11 is 0. The van der Waals surface area contributed by atoms with E-state index in [9.17, 15) is 4.79 Å². The van der Waals surface area contributed by atoms with Crippen LogP contribution in [0.5, 0.6) is 0 Å². The lowest BCUT2D eigenvalue weighted by Gasteiger charge is -2.23. The Kier molecular flexibility index (Phi) is 5.27. The molecule has 0 radical (unpaired) electrons. The second-order valence-corrected chi connectivity index (χ2v) is 4.86. The van der Waals surface area contributed by atoms with Crippen LogP contribution in [0.3, 0.4) is 0 Å². The van der Waals surface area contributed by atoms with Crippen molar-refractivity contribution in [2.45, 2.75) is 60.3 Å². The molecule has 0 aliphatic heterocycles. The second-order valence-electron chi connectivity index (χ2n) is 4.86. The van der Waals surface area contributed by atoms with Crippen LogP contribution in [0.1, 0.15) is 60.3 Å². The summed E-state index contributed by atoms with van der Waals surface area (Å²) in [5.41, 5.74) is -0.158. The third-order valence-corrected chi connectivity index (χ3v) is 2.51. The minimum Gasteiger partial charge on any atom is -0.299 e. The van der Waals surface area contributed by atoms with E-state index in [4.69, 9.17) is 0 Å². The van der Waals surface area contributed by atoms with E-state index in [0.717, 1.165) is 12.8 Å². The Morgan fingerprint density at radius 3 is 2.08 bits per heavy atom. The first-order chi connectivity index (χ1) is 5.93. The Morgan fingerprint density at radius 2 is 1.77 bits per heavy atom. The minimum atomic E-state index is -0.158. The largest absolute Gasteiger partial charge is 0.299 e. The molecule has 0 aromatic heterocycles. The second kappa shape index (κ2) is 5.41. The number of hydrogen-bond donors (Lipinski definition) is 0. The number of unbranched alkanes of at least 4 members (excludes halogenated alkanes) is 1. The van der Waals surface area contributed by atoms with Crippen molar-refractivity contribution in [1.82, 2.24) is 0 Å². The first-order valence-electron chi connectivity index (χ1n) is 5.47. The van der Waals surface area contributed by atoms with Gasteiger partial charge in [0.1, 0.15) is 5.78 Å². The van der Waals surface area contributed by atoms with Crippen molar-refractivity contribution in [3.05, 3.63) is 0 Å². The highest BCUT2D eigenvalue weighted by Gasteiger charge is 2.27. The van der Waals surface area contributed by atoms with Crippen LogP contribution >= 0.6 is 0 Å². The van der Waals surface area contributed by atoms with Crippen LogP contribution < -0.4 is 0 Å². The number of carbonyl (C=O) groups is 1. The molecule has 0 heterocycles. The molecule has 1 atom stereocenters. The number of hydrogen-bond acceptors (Lipinski definition) is 1. The minimum absolute atomic E-state index is 0.158. The molecule has 1 nitrogen and oxygen atoms in total. The predicted molar refractivity (Wildman–Crippen MR) is 57.8 cm³/mol. The van der Waals surface area contributed by atoms with Gasteiger partial charge in [-0.05, 0) is 12.8 Å². The van der Waals surface area contributed by atoms with E-state index in [1.807, 2.05) is 20.8 Å². The summed E-state index contributed by atoms with van der Waals surface area (Å²) in [5.74, 6) is 0.725.